The van der Waals surface area contributed by atoms with Crippen molar-refractivity contribution in [3.8, 4) is 0 Å². The molecule has 1 amide bonds. The second-order valence-corrected chi connectivity index (χ2v) is 5.81. The van der Waals surface area contributed by atoms with Crippen LogP contribution in [0.5, 0.6) is 0 Å². The molecule has 19 heavy (non-hydrogen) atoms. The number of nitrogens with one attached hydrogen (secondary N) is 1. The average molecular weight is 258 g/mol. The van der Waals surface area contributed by atoms with Gasteiger partial charge in [-0.05, 0) is 44.3 Å². The molecule has 1 aromatic carbocycles. The Morgan fingerprint density at radius 2 is 1.84 bits per heavy atom. The number of rotatable bonds is 3. The zero-order valence-corrected chi connectivity index (χ0v) is 11.4. The molecule has 2 aliphatic heterocycles. The number of likely N-dealkylation sites (tertiary alicyclic amines) is 1. The van der Waals surface area contributed by atoms with Gasteiger partial charge in [-0.1, -0.05) is 30.3 Å². The molecule has 1 aromatic rings. The number of carbonyl (C=O) groups excluding carboxylic acids is 1. The highest BCUT2D eigenvalue weighted by molar-refractivity contribution is 5.85. The summed E-state index contributed by atoms with van der Waals surface area (Å²) in [5.74, 6) is 0.407. The molecule has 3 nitrogen and oxygen atoms in total. The molecule has 0 radical (unpaired) electrons. The molecule has 2 heterocycles. The third kappa shape index (κ3) is 2.52. The molecular weight excluding hydrogens is 236 g/mol. The summed E-state index contributed by atoms with van der Waals surface area (Å²) < 4.78 is 0. The van der Waals surface area contributed by atoms with E-state index in [-0.39, 0.29) is 5.41 Å². The molecule has 2 fully saturated rings. The van der Waals surface area contributed by atoms with Gasteiger partial charge in [-0.25, -0.2) is 0 Å². The zero-order chi connectivity index (χ0) is 13.1. The van der Waals surface area contributed by atoms with Crippen LogP contribution in [0.15, 0.2) is 30.3 Å². The summed E-state index contributed by atoms with van der Waals surface area (Å²) in [6, 6.07) is 10.4. The van der Waals surface area contributed by atoms with Crippen molar-refractivity contribution in [3.63, 3.8) is 0 Å². The molecule has 0 aromatic heterocycles. The molecule has 2 saturated heterocycles. The van der Waals surface area contributed by atoms with E-state index >= 15 is 0 Å². The number of carbonyl (C=O) groups is 1. The number of hydrogen-bond acceptors (Lipinski definition) is 2. The molecule has 2 aliphatic rings. The molecule has 0 bridgehead atoms. The Bertz CT molecular complexity index is 437. The Labute approximate surface area is 115 Å². The summed E-state index contributed by atoms with van der Waals surface area (Å²) in [6.07, 6.45) is 4.07. The highest BCUT2D eigenvalue weighted by Gasteiger charge is 2.46. The minimum Gasteiger partial charge on any atom is -0.342 e. The first-order chi connectivity index (χ1) is 9.30. The fraction of sp³-hybridized carbons (Fsp3) is 0.562. The molecule has 0 atom stereocenters. The van der Waals surface area contributed by atoms with Crippen molar-refractivity contribution < 1.29 is 4.79 Å². The van der Waals surface area contributed by atoms with Crippen LogP contribution in [-0.4, -0.2) is 37.0 Å². The van der Waals surface area contributed by atoms with Gasteiger partial charge >= 0.3 is 0 Å². The maximum Gasteiger partial charge on any atom is 0.228 e. The number of hydrogen-bond donors (Lipinski definition) is 1. The van der Waals surface area contributed by atoms with E-state index in [1.54, 1.807) is 0 Å². The summed E-state index contributed by atoms with van der Waals surface area (Å²) in [6.45, 7) is 3.82. The van der Waals surface area contributed by atoms with Gasteiger partial charge < -0.3 is 10.2 Å². The predicted octanol–water partition coefficient (Wildman–Crippen LogP) is 1.83. The van der Waals surface area contributed by atoms with E-state index in [1.165, 1.54) is 5.56 Å². The van der Waals surface area contributed by atoms with Gasteiger partial charge in [0.15, 0.2) is 0 Å². The lowest BCUT2D eigenvalue weighted by molar-refractivity contribution is -0.137. The zero-order valence-electron chi connectivity index (χ0n) is 11.4. The quantitative estimate of drug-likeness (QED) is 0.897. The average Bonchev–Trinajstić information content (AvgIpc) is 2.76. The van der Waals surface area contributed by atoms with Crippen molar-refractivity contribution in [1.29, 1.82) is 0 Å². The Kier molecular flexibility index (Phi) is 3.56. The van der Waals surface area contributed by atoms with Crippen LogP contribution in [-0.2, 0) is 11.2 Å². The number of piperidine rings is 1. The monoisotopic (exact) mass is 258 g/mol. The fourth-order valence-corrected chi connectivity index (χ4v) is 3.38. The van der Waals surface area contributed by atoms with Crippen molar-refractivity contribution in [2.45, 2.75) is 25.7 Å². The van der Waals surface area contributed by atoms with Crippen LogP contribution in [0.1, 0.15) is 24.8 Å². The highest BCUT2D eigenvalue weighted by atomic mass is 16.2. The lowest BCUT2D eigenvalue weighted by atomic mass is 9.78. The Hall–Kier alpha value is -1.35. The number of nitrogens with zero attached hydrogens (tertiary/aromatic N) is 1. The van der Waals surface area contributed by atoms with Crippen LogP contribution < -0.4 is 5.32 Å². The predicted molar refractivity (Wildman–Crippen MR) is 75.9 cm³/mol. The largest absolute Gasteiger partial charge is 0.342 e. The maximum atomic E-state index is 12.6. The van der Waals surface area contributed by atoms with Crippen molar-refractivity contribution >= 4 is 5.91 Å². The fourth-order valence-electron chi connectivity index (χ4n) is 3.38. The van der Waals surface area contributed by atoms with E-state index in [2.05, 4.69) is 34.5 Å². The number of benzene rings is 1. The SMILES string of the molecule is O=C1N(CCc2ccccc2)CCC12CCNCC2. The van der Waals surface area contributed by atoms with Gasteiger partial charge in [0.25, 0.3) is 0 Å². The van der Waals surface area contributed by atoms with E-state index in [9.17, 15) is 4.79 Å². The first-order valence-electron chi connectivity index (χ1n) is 7.34. The summed E-state index contributed by atoms with van der Waals surface area (Å²) in [4.78, 5) is 14.7. The smallest absolute Gasteiger partial charge is 0.228 e. The van der Waals surface area contributed by atoms with Crippen LogP contribution in [0.4, 0.5) is 0 Å². The van der Waals surface area contributed by atoms with Crippen molar-refractivity contribution in [2.75, 3.05) is 26.2 Å². The van der Waals surface area contributed by atoms with Gasteiger partial charge in [-0.3, -0.25) is 4.79 Å². The lowest BCUT2D eigenvalue weighted by Gasteiger charge is -2.32. The topological polar surface area (TPSA) is 32.3 Å². The van der Waals surface area contributed by atoms with Crippen LogP contribution in [0, 0.1) is 5.41 Å². The van der Waals surface area contributed by atoms with E-state index in [4.69, 9.17) is 0 Å². The summed E-state index contributed by atoms with van der Waals surface area (Å²) in [5, 5.41) is 3.36. The van der Waals surface area contributed by atoms with Gasteiger partial charge in [0.1, 0.15) is 0 Å². The normalized spacial score (nSPS) is 22.1. The van der Waals surface area contributed by atoms with Crippen LogP contribution in [0.2, 0.25) is 0 Å². The van der Waals surface area contributed by atoms with Gasteiger partial charge in [0, 0.05) is 13.1 Å². The van der Waals surface area contributed by atoms with Crippen LogP contribution in [0.3, 0.4) is 0 Å². The van der Waals surface area contributed by atoms with Gasteiger partial charge in [-0.15, -0.1) is 0 Å². The molecule has 3 rings (SSSR count). The van der Waals surface area contributed by atoms with Crippen molar-refractivity contribution in [2.24, 2.45) is 5.41 Å². The third-order valence-electron chi connectivity index (χ3n) is 4.68. The summed E-state index contributed by atoms with van der Waals surface area (Å²) in [5.41, 5.74) is 1.30. The molecular formula is C16H22N2O. The second kappa shape index (κ2) is 5.33. The van der Waals surface area contributed by atoms with Gasteiger partial charge in [0.2, 0.25) is 5.91 Å². The van der Waals surface area contributed by atoms with Gasteiger partial charge in [-0.2, -0.15) is 0 Å². The Morgan fingerprint density at radius 3 is 2.58 bits per heavy atom. The second-order valence-electron chi connectivity index (χ2n) is 5.81. The molecule has 0 unspecified atom stereocenters. The van der Waals surface area contributed by atoms with Crippen molar-refractivity contribution in [1.82, 2.24) is 10.2 Å². The third-order valence-corrected chi connectivity index (χ3v) is 4.68. The molecule has 0 aliphatic carbocycles. The van der Waals surface area contributed by atoms with Gasteiger partial charge in [0.05, 0.1) is 5.41 Å². The summed E-state index contributed by atoms with van der Waals surface area (Å²) in [7, 11) is 0. The molecule has 1 N–H and O–H groups in total. The Morgan fingerprint density at radius 1 is 1.11 bits per heavy atom. The van der Waals surface area contributed by atoms with Crippen LogP contribution >= 0.6 is 0 Å². The molecule has 102 valence electrons. The van der Waals surface area contributed by atoms with E-state index in [1.807, 2.05) is 6.07 Å². The highest BCUT2D eigenvalue weighted by Crippen LogP contribution is 2.39. The molecule has 3 heteroatoms. The Balaban J connectivity index is 1.60. The van der Waals surface area contributed by atoms with E-state index in [0.717, 1.165) is 51.9 Å². The minimum atomic E-state index is -0.0259. The molecule has 0 saturated carbocycles. The minimum absolute atomic E-state index is 0.0259. The van der Waals surface area contributed by atoms with E-state index in [0.29, 0.717) is 5.91 Å². The first-order valence-corrected chi connectivity index (χ1v) is 7.34. The maximum absolute atomic E-state index is 12.6. The standard InChI is InChI=1S/C16H22N2O/c19-15-16(7-10-17-11-8-16)9-13-18(15)12-6-14-4-2-1-3-5-14/h1-5,17H,6-13H2. The first kappa shape index (κ1) is 12.7. The van der Waals surface area contributed by atoms with Crippen LogP contribution in [0.25, 0.3) is 0 Å². The lowest BCUT2D eigenvalue weighted by Crippen LogP contribution is -2.43. The molecule has 1 spiro atoms. The van der Waals surface area contributed by atoms with Crippen molar-refractivity contribution in [3.05, 3.63) is 35.9 Å². The van der Waals surface area contributed by atoms with E-state index < -0.39 is 0 Å². The number of amides is 1. The summed E-state index contributed by atoms with van der Waals surface area (Å²) >= 11 is 0.